The number of benzene rings is 1. The van der Waals surface area contributed by atoms with Gasteiger partial charge in [-0.3, -0.25) is 0 Å². The highest BCUT2D eigenvalue weighted by Gasteiger charge is 2.29. The maximum Gasteiger partial charge on any atom is 0.203 e. The third kappa shape index (κ3) is 2.56. The summed E-state index contributed by atoms with van der Waals surface area (Å²) in [7, 11) is 6.20. The van der Waals surface area contributed by atoms with E-state index in [0.717, 1.165) is 49.8 Å². The summed E-state index contributed by atoms with van der Waals surface area (Å²) >= 11 is 0. The van der Waals surface area contributed by atoms with E-state index in [-0.39, 0.29) is 6.10 Å². The number of likely N-dealkylation sites (N-methyl/N-ethyl adjacent to an activating group) is 1. The van der Waals surface area contributed by atoms with Crippen LogP contribution >= 0.6 is 0 Å². The van der Waals surface area contributed by atoms with Crippen molar-refractivity contribution in [3.8, 4) is 5.75 Å². The molecule has 0 saturated carbocycles. The van der Waals surface area contributed by atoms with Gasteiger partial charge in [0.15, 0.2) is 0 Å². The Balaban J connectivity index is 1.72. The third-order valence-corrected chi connectivity index (χ3v) is 4.75. The fourth-order valence-electron chi connectivity index (χ4n) is 3.84. The first kappa shape index (κ1) is 14.8. The number of hydrogen-bond acceptors (Lipinski definition) is 5. The molecule has 0 aliphatic carbocycles. The summed E-state index contributed by atoms with van der Waals surface area (Å²) in [5.41, 5.74) is 3.65. The van der Waals surface area contributed by atoms with Gasteiger partial charge in [0.2, 0.25) is 5.95 Å². The SMILES string of the molecule is CNCC1CNc2nc3ccc4c(c3n2C1)CC(CN(C)C)O4. The second kappa shape index (κ2) is 5.69. The molecule has 0 bridgehead atoms. The molecule has 2 unspecified atom stereocenters. The predicted molar refractivity (Wildman–Crippen MR) is 92.3 cm³/mol. The first-order valence-electron chi connectivity index (χ1n) is 8.37. The smallest absolute Gasteiger partial charge is 0.203 e. The Labute approximate surface area is 136 Å². The minimum Gasteiger partial charge on any atom is -0.488 e. The molecule has 0 radical (unpaired) electrons. The molecule has 4 rings (SSSR count). The van der Waals surface area contributed by atoms with E-state index in [1.165, 1.54) is 11.1 Å². The van der Waals surface area contributed by atoms with E-state index in [4.69, 9.17) is 9.72 Å². The van der Waals surface area contributed by atoms with Crippen LogP contribution in [0.1, 0.15) is 5.56 Å². The van der Waals surface area contributed by atoms with Crippen LogP contribution in [0.4, 0.5) is 5.95 Å². The van der Waals surface area contributed by atoms with Gasteiger partial charge in [-0.05, 0) is 33.3 Å². The molecule has 0 fully saturated rings. The standard InChI is InChI=1S/C17H25N5O/c1-18-7-11-8-19-17-20-14-4-5-15-13(16(14)22(17)9-11)6-12(23-15)10-21(2)3/h4-5,11-12,18H,6-10H2,1-3H3,(H,19,20). The van der Waals surface area contributed by atoms with Crippen LogP contribution in [0.3, 0.4) is 0 Å². The molecule has 6 heteroatoms. The Hall–Kier alpha value is -1.79. The summed E-state index contributed by atoms with van der Waals surface area (Å²) < 4.78 is 8.49. The Bertz CT molecular complexity index is 723. The van der Waals surface area contributed by atoms with Crippen molar-refractivity contribution in [3.63, 3.8) is 0 Å². The molecule has 2 N–H and O–H groups in total. The minimum atomic E-state index is 0.237. The second-order valence-corrected chi connectivity index (χ2v) is 6.97. The van der Waals surface area contributed by atoms with E-state index >= 15 is 0 Å². The zero-order chi connectivity index (χ0) is 16.0. The van der Waals surface area contributed by atoms with Gasteiger partial charge in [0, 0.05) is 44.1 Å². The van der Waals surface area contributed by atoms with Crippen LogP contribution in [0.2, 0.25) is 0 Å². The van der Waals surface area contributed by atoms with Crippen molar-refractivity contribution in [1.29, 1.82) is 0 Å². The van der Waals surface area contributed by atoms with Crippen molar-refractivity contribution in [3.05, 3.63) is 17.7 Å². The van der Waals surface area contributed by atoms with Gasteiger partial charge in [0.25, 0.3) is 0 Å². The summed E-state index contributed by atoms with van der Waals surface area (Å²) in [6, 6.07) is 4.17. The van der Waals surface area contributed by atoms with Gasteiger partial charge in [-0.15, -0.1) is 0 Å². The van der Waals surface area contributed by atoms with Crippen molar-refractivity contribution in [2.75, 3.05) is 46.1 Å². The molecule has 23 heavy (non-hydrogen) atoms. The van der Waals surface area contributed by atoms with Crippen molar-refractivity contribution in [1.82, 2.24) is 19.8 Å². The molecule has 1 aromatic carbocycles. The molecular formula is C17H25N5O. The van der Waals surface area contributed by atoms with Crippen LogP contribution in [-0.4, -0.2) is 61.3 Å². The first-order valence-corrected chi connectivity index (χ1v) is 8.37. The number of nitrogens with one attached hydrogen (secondary N) is 2. The third-order valence-electron chi connectivity index (χ3n) is 4.75. The van der Waals surface area contributed by atoms with Crippen LogP contribution in [0, 0.1) is 5.92 Å². The number of fused-ring (bicyclic) bond motifs is 5. The fraction of sp³-hybridized carbons (Fsp3) is 0.588. The summed E-state index contributed by atoms with van der Waals surface area (Å²) in [6.07, 6.45) is 1.20. The average molecular weight is 315 g/mol. The van der Waals surface area contributed by atoms with Crippen molar-refractivity contribution in [2.45, 2.75) is 19.1 Å². The normalized spacial score (nSPS) is 22.8. The molecule has 0 saturated heterocycles. The molecule has 3 heterocycles. The van der Waals surface area contributed by atoms with Gasteiger partial charge in [0.05, 0.1) is 11.0 Å². The van der Waals surface area contributed by atoms with Crippen LogP contribution in [-0.2, 0) is 13.0 Å². The maximum absolute atomic E-state index is 6.15. The van der Waals surface area contributed by atoms with E-state index in [1.54, 1.807) is 0 Å². The number of hydrogen-bond donors (Lipinski definition) is 2. The van der Waals surface area contributed by atoms with Crippen molar-refractivity contribution >= 4 is 17.0 Å². The zero-order valence-corrected chi connectivity index (χ0v) is 14.1. The summed E-state index contributed by atoms with van der Waals surface area (Å²) in [5, 5.41) is 6.77. The lowest BCUT2D eigenvalue weighted by atomic mass is 10.1. The minimum absolute atomic E-state index is 0.237. The summed E-state index contributed by atoms with van der Waals surface area (Å²) in [5.74, 6) is 2.61. The topological polar surface area (TPSA) is 54.4 Å². The summed E-state index contributed by atoms with van der Waals surface area (Å²) in [6.45, 7) is 3.94. The molecule has 2 aromatic rings. The average Bonchev–Trinajstić information content (AvgIpc) is 3.06. The van der Waals surface area contributed by atoms with Gasteiger partial charge in [-0.2, -0.15) is 0 Å². The molecule has 1 aromatic heterocycles. The second-order valence-electron chi connectivity index (χ2n) is 6.97. The van der Waals surface area contributed by atoms with Gasteiger partial charge >= 0.3 is 0 Å². The number of ether oxygens (including phenoxy) is 1. The zero-order valence-electron chi connectivity index (χ0n) is 14.1. The van der Waals surface area contributed by atoms with E-state index in [0.29, 0.717) is 5.92 Å². The van der Waals surface area contributed by atoms with Crippen molar-refractivity contribution in [2.24, 2.45) is 5.92 Å². The number of nitrogens with zero attached hydrogens (tertiary/aromatic N) is 3. The van der Waals surface area contributed by atoms with E-state index in [9.17, 15) is 0 Å². The molecule has 0 amide bonds. The largest absolute Gasteiger partial charge is 0.488 e. The number of aromatic nitrogens is 2. The molecule has 6 nitrogen and oxygen atoms in total. The van der Waals surface area contributed by atoms with Crippen molar-refractivity contribution < 1.29 is 4.74 Å². The van der Waals surface area contributed by atoms with Crippen LogP contribution in [0.15, 0.2) is 12.1 Å². The lowest BCUT2D eigenvalue weighted by Gasteiger charge is -2.25. The monoisotopic (exact) mass is 315 g/mol. The highest BCUT2D eigenvalue weighted by atomic mass is 16.5. The Kier molecular flexibility index (Phi) is 3.66. The molecule has 124 valence electrons. The van der Waals surface area contributed by atoms with Crippen LogP contribution in [0.5, 0.6) is 5.75 Å². The van der Waals surface area contributed by atoms with Gasteiger partial charge in [-0.1, -0.05) is 0 Å². The number of imidazole rings is 1. The lowest BCUT2D eigenvalue weighted by Crippen LogP contribution is -2.34. The molecule has 2 aliphatic heterocycles. The predicted octanol–water partition coefficient (Wildman–Crippen LogP) is 1.16. The molecular weight excluding hydrogens is 290 g/mol. The fourth-order valence-corrected chi connectivity index (χ4v) is 3.84. The van der Waals surface area contributed by atoms with Gasteiger partial charge < -0.3 is 24.8 Å². The van der Waals surface area contributed by atoms with Gasteiger partial charge in [0.1, 0.15) is 11.9 Å². The highest BCUT2D eigenvalue weighted by molar-refractivity contribution is 5.85. The quantitative estimate of drug-likeness (QED) is 0.887. The molecule has 0 spiro atoms. The van der Waals surface area contributed by atoms with E-state index in [2.05, 4.69) is 46.3 Å². The Morgan fingerprint density at radius 2 is 2.30 bits per heavy atom. The first-order chi connectivity index (χ1) is 11.2. The van der Waals surface area contributed by atoms with E-state index in [1.807, 2.05) is 7.05 Å². The van der Waals surface area contributed by atoms with E-state index < -0.39 is 0 Å². The maximum atomic E-state index is 6.15. The summed E-state index contributed by atoms with van der Waals surface area (Å²) in [4.78, 5) is 6.96. The molecule has 2 aliphatic rings. The highest BCUT2D eigenvalue weighted by Crippen LogP contribution is 2.37. The Morgan fingerprint density at radius 3 is 3.09 bits per heavy atom. The lowest BCUT2D eigenvalue weighted by molar-refractivity contribution is 0.184. The Morgan fingerprint density at radius 1 is 1.43 bits per heavy atom. The van der Waals surface area contributed by atoms with Crippen LogP contribution in [0.25, 0.3) is 11.0 Å². The number of anilines is 1. The number of rotatable bonds is 4. The molecule has 2 atom stereocenters. The van der Waals surface area contributed by atoms with Crippen LogP contribution < -0.4 is 15.4 Å². The van der Waals surface area contributed by atoms with Gasteiger partial charge in [-0.25, -0.2) is 4.98 Å².